The fourth-order valence-corrected chi connectivity index (χ4v) is 3.29. The zero-order valence-electron chi connectivity index (χ0n) is 14.5. The minimum absolute atomic E-state index is 0.0486. The Morgan fingerprint density at radius 1 is 1.35 bits per heavy atom. The van der Waals surface area contributed by atoms with Crippen LogP contribution < -0.4 is 10.6 Å². The molecular weight excluding hydrogens is 424 g/mol. The second-order valence-corrected chi connectivity index (χ2v) is 7.28. The maximum atomic E-state index is 12.6. The van der Waals surface area contributed by atoms with Crippen molar-refractivity contribution in [1.82, 2.24) is 5.32 Å². The van der Waals surface area contributed by atoms with Crippen LogP contribution in [0.4, 0.5) is 5.69 Å². The summed E-state index contributed by atoms with van der Waals surface area (Å²) >= 11 is 9.37. The van der Waals surface area contributed by atoms with Crippen LogP contribution in [0.25, 0.3) is 0 Å². The van der Waals surface area contributed by atoms with Crippen LogP contribution in [-0.4, -0.2) is 30.4 Å². The zero-order chi connectivity index (χ0) is 19.3. The third kappa shape index (κ3) is 5.85. The van der Waals surface area contributed by atoms with Crippen molar-refractivity contribution in [3.63, 3.8) is 0 Å². The molecule has 1 atom stereocenters. The third-order valence-electron chi connectivity index (χ3n) is 3.89. The van der Waals surface area contributed by atoms with Crippen molar-refractivity contribution >= 4 is 51.0 Å². The monoisotopic (exact) mass is 442 g/mol. The van der Waals surface area contributed by atoms with Crippen LogP contribution in [0, 0.1) is 5.92 Å². The molecule has 0 aromatic heterocycles. The van der Waals surface area contributed by atoms with E-state index in [9.17, 15) is 14.4 Å². The fraction of sp³-hybridized carbons (Fsp3) is 0.389. The molecule has 26 heavy (non-hydrogen) atoms. The van der Waals surface area contributed by atoms with Crippen LogP contribution in [0.15, 0.2) is 28.8 Å². The van der Waals surface area contributed by atoms with Crippen LogP contribution in [0.3, 0.4) is 0 Å². The fourth-order valence-electron chi connectivity index (χ4n) is 2.38. The normalized spacial score (nSPS) is 14.8. The van der Waals surface area contributed by atoms with Crippen molar-refractivity contribution in [1.29, 1.82) is 0 Å². The molecule has 0 saturated heterocycles. The predicted molar refractivity (Wildman–Crippen MR) is 103 cm³/mol. The molecule has 1 aliphatic carbocycles. The summed E-state index contributed by atoms with van der Waals surface area (Å²) in [5.41, 5.74) is 0.531. The molecule has 1 unspecified atom stereocenters. The first kappa shape index (κ1) is 20.5. The standard InChI is InChI=1S/C18H20BrClN2O4/c1-3-26-16(24)7-6-15(23)22-17-13(8-12(20)9-14(17)19)18(25)21-10(2)11-4-5-11/h6-11H,3-5H2,1-2H3,(H,21,25)(H,22,23)/b7-6+. The highest BCUT2D eigenvalue weighted by Gasteiger charge is 2.30. The summed E-state index contributed by atoms with van der Waals surface area (Å²) in [6.07, 6.45) is 4.27. The van der Waals surface area contributed by atoms with E-state index in [2.05, 4.69) is 26.6 Å². The molecule has 2 rings (SSSR count). The van der Waals surface area contributed by atoms with Gasteiger partial charge < -0.3 is 15.4 Å². The van der Waals surface area contributed by atoms with E-state index in [0.29, 0.717) is 15.4 Å². The topological polar surface area (TPSA) is 84.5 Å². The summed E-state index contributed by atoms with van der Waals surface area (Å²) in [5.74, 6) is -1.01. The lowest BCUT2D eigenvalue weighted by atomic mass is 10.1. The lowest BCUT2D eigenvalue weighted by molar-refractivity contribution is -0.137. The molecule has 0 heterocycles. The van der Waals surface area contributed by atoms with Crippen molar-refractivity contribution in [3.05, 3.63) is 39.3 Å². The molecule has 2 N–H and O–H groups in total. The smallest absolute Gasteiger partial charge is 0.330 e. The van der Waals surface area contributed by atoms with Gasteiger partial charge in [0.05, 0.1) is 17.9 Å². The lowest BCUT2D eigenvalue weighted by Crippen LogP contribution is -2.34. The van der Waals surface area contributed by atoms with E-state index in [1.165, 1.54) is 6.07 Å². The van der Waals surface area contributed by atoms with Gasteiger partial charge in [-0.05, 0) is 60.7 Å². The summed E-state index contributed by atoms with van der Waals surface area (Å²) < 4.78 is 5.18. The molecule has 1 aromatic carbocycles. The minimum Gasteiger partial charge on any atom is -0.463 e. The Kier molecular flexibility index (Phi) is 7.23. The Morgan fingerprint density at radius 3 is 2.65 bits per heavy atom. The van der Waals surface area contributed by atoms with Crippen molar-refractivity contribution in [2.45, 2.75) is 32.7 Å². The number of amides is 2. The molecule has 1 saturated carbocycles. The van der Waals surface area contributed by atoms with Crippen molar-refractivity contribution in [2.75, 3.05) is 11.9 Å². The van der Waals surface area contributed by atoms with Crippen LogP contribution >= 0.6 is 27.5 Å². The van der Waals surface area contributed by atoms with E-state index >= 15 is 0 Å². The Labute approximate surface area is 165 Å². The van der Waals surface area contributed by atoms with Gasteiger partial charge in [0.25, 0.3) is 5.91 Å². The van der Waals surface area contributed by atoms with Gasteiger partial charge in [-0.1, -0.05) is 11.6 Å². The number of halogens is 2. The Balaban J connectivity index is 2.17. The molecule has 1 fully saturated rings. The first-order chi connectivity index (χ1) is 12.3. The highest BCUT2D eigenvalue weighted by Crippen LogP contribution is 2.34. The number of carbonyl (C=O) groups is 3. The minimum atomic E-state index is -0.617. The maximum absolute atomic E-state index is 12.6. The first-order valence-corrected chi connectivity index (χ1v) is 9.44. The lowest BCUT2D eigenvalue weighted by Gasteiger charge is -2.16. The Morgan fingerprint density at radius 2 is 2.04 bits per heavy atom. The zero-order valence-corrected chi connectivity index (χ0v) is 16.8. The van der Waals surface area contributed by atoms with Gasteiger partial charge in [-0.2, -0.15) is 0 Å². The second kappa shape index (κ2) is 9.19. The van der Waals surface area contributed by atoms with Gasteiger partial charge in [-0.15, -0.1) is 0 Å². The highest BCUT2D eigenvalue weighted by atomic mass is 79.9. The van der Waals surface area contributed by atoms with E-state index in [1.54, 1.807) is 13.0 Å². The van der Waals surface area contributed by atoms with Gasteiger partial charge in [-0.3, -0.25) is 9.59 Å². The summed E-state index contributed by atoms with van der Waals surface area (Å²) in [5, 5.41) is 5.90. The molecule has 2 amide bonds. The first-order valence-electron chi connectivity index (χ1n) is 8.27. The number of ether oxygens (including phenoxy) is 1. The SMILES string of the molecule is CCOC(=O)/C=C/C(=O)Nc1c(Br)cc(Cl)cc1C(=O)NC(C)C1CC1. The summed E-state index contributed by atoms with van der Waals surface area (Å²) in [7, 11) is 0. The Hall–Kier alpha value is -1.86. The van der Waals surface area contributed by atoms with E-state index < -0.39 is 11.9 Å². The summed E-state index contributed by atoms with van der Waals surface area (Å²) in [6, 6.07) is 3.12. The largest absolute Gasteiger partial charge is 0.463 e. The average molecular weight is 444 g/mol. The van der Waals surface area contributed by atoms with Crippen molar-refractivity contribution < 1.29 is 19.1 Å². The number of anilines is 1. The molecule has 0 radical (unpaired) electrons. The van der Waals surface area contributed by atoms with Crippen molar-refractivity contribution in [2.24, 2.45) is 5.92 Å². The summed E-state index contributed by atoms with van der Waals surface area (Å²) in [6.45, 7) is 3.84. The van der Waals surface area contributed by atoms with Crippen molar-refractivity contribution in [3.8, 4) is 0 Å². The van der Waals surface area contributed by atoms with Crippen LogP contribution in [0.2, 0.25) is 5.02 Å². The molecule has 0 aliphatic heterocycles. The quantitative estimate of drug-likeness (QED) is 0.497. The predicted octanol–water partition coefficient (Wildman–Crippen LogP) is 3.69. The molecular formula is C18H20BrClN2O4. The molecule has 0 bridgehead atoms. The van der Waals surface area contributed by atoms with E-state index in [-0.39, 0.29) is 29.8 Å². The number of hydrogen-bond acceptors (Lipinski definition) is 4. The molecule has 0 spiro atoms. The van der Waals surface area contributed by atoms with E-state index in [4.69, 9.17) is 16.3 Å². The molecule has 140 valence electrons. The molecule has 6 nitrogen and oxygen atoms in total. The molecule has 1 aliphatic rings. The number of esters is 1. The van der Waals surface area contributed by atoms with Gasteiger partial charge in [0.15, 0.2) is 0 Å². The van der Waals surface area contributed by atoms with Crippen LogP contribution in [0.5, 0.6) is 0 Å². The van der Waals surface area contributed by atoms with Gasteiger partial charge >= 0.3 is 5.97 Å². The van der Waals surface area contributed by atoms with Crippen LogP contribution in [-0.2, 0) is 14.3 Å². The third-order valence-corrected chi connectivity index (χ3v) is 4.74. The second-order valence-electron chi connectivity index (χ2n) is 5.98. The maximum Gasteiger partial charge on any atom is 0.330 e. The number of nitrogens with one attached hydrogen (secondary N) is 2. The Bertz CT molecular complexity index is 747. The van der Waals surface area contributed by atoms with Crippen LogP contribution in [0.1, 0.15) is 37.0 Å². The number of carbonyl (C=O) groups excluding carboxylic acids is 3. The molecule has 8 heteroatoms. The highest BCUT2D eigenvalue weighted by molar-refractivity contribution is 9.10. The number of benzene rings is 1. The van der Waals surface area contributed by atoms with Gasteiger partial charge in [0, 0.05) is 27.7 Å². The van der Waals surface area contributed by atoms with E-state index in [1.807, 2.05) is 6.92 Å². The average Bonchev–Trinajstić information content (AvgIpc) is 3.40. The van der Waals surface area contributed by atoms with Gasteiger partial charge in [0.2, 0.25) is 5.91 Å². The van der Waals surface area contributed by atoms with E-state index in [0.717, 1.165) is 25.0 Å². The number of rotatable bonds is 7. The van der Waals surface area contributed by atoms with Gasteiger partial charge in [0.1, 0.15) is 0 Å². The molecule has 1 aromatic rings. The van der Waals surface area contributed by atoms with Gasteiger partial charge in [-0.25, -0.2) is 4.79 Å². The summed E-state index contributed by atoms with van der Waals surface area (Å²) in [4.78, 5) is 36.0. The number of hydrogen-bond donors (Lipinski definition) is 2.